The number of ketones is 1. The summed E-state index contributed by atoms with van der Waals surface area (Å²) in [6.45, 7) is 3.55. The van der Waals surface area contributed by atoms with Crippen LogP contribution in [0.2, 0.25) is 5.02 Å². The molecular formula is C15H19ClIN3O3. The largest absolute Gasteiger partial charge is 0.399 e. The molecule has 0 bridgehead atoms. The molecule has 0 aliphatic rings. The van der Waals surface area contributed by atoms with E-state index in [1.165, 1.54) is 19.4 Å². The van der Waals surface area contributed by atoms with Crippen LogP contribution in [0.15, 0.2) is 17.3 Å². The maximum absolute atomic E-state index is 12.5. The molecule has 1 aromatic carbocycles. The van der Waals surface area contributed by atoms with Gasteiger partial charge in [0.2, 0.25) is 0 Å². The molecule has 0 saturated carbocycles. The Morgan fingerprint density at radius 1 is 1.52 bits per heavy atom. The van der Waals surface area contributed by atoms with Crippen molar-refractivity contribution >= 4 is 57.8 Å². The van der Waals surface area contributed by atoms with E-state index >= 15 is 0 Å². The molecule has 1 rings (SSSR count). The van der Waals surface area contributed by atoms with E-state index in [1.807, 2.05) is 29.5 Å². The van der Waals surface area contributed by atoms with Crippen molar-refractivity contribution < 1.29 is 14.4 Å². The van der Waals surface area contributed by atoms with Crippen LogP contribution in [0.25, 0.3) is 0 Å². The molecule has 0 aliphatic carbocycles. The number of hydrogen-bond donors (Lipinski definition) is 2. The van der Waals surface area contributed by atoms with Crippen molar-refractivity contribution in [3.8, 4) is 0 Å². The first-order chi connectivity index (χ1) is 10.8. The minimum absolute atomic E-state index is 0.0448. The van der Waals surface area contributed by atoms with Gasteiger partial charge < -0.3 is 15.9 Å². The van der Waals surface area contributed by atoms with Gasteiger partial charge in [-0.05, 0) is 25.5 Å². The molecule has 8 heteroatoms. The quantitative estimate of drug-likeness (QED) is 0.219. The SMILES string of the molecule is CCC(C)(NC(=O)c1cc(Cl)c(N)c(C=NOC)c1)C(=O)CI. The van der Waals surface area contributed by atoms with Crippen LogP contribution >= 0.6 is 34.2 Å². The minimum atomic E-state index is -0.924. The second-order valence-corrected chi connectivity index (χ2v) is 6.24. The predicted molar refractivity (Wildman–Crippen MR) is 101 cm³/mol. The summed E-state index contributed by atoms with van der Waals surface area (Å²) in [5.41, 5.74) is 5.98. The minimum Gasteiger partial charge on any atom is -0.399 e. The monoisotopic (exact) mass is 451 g/mol. The van der Waals surface area contributed by atoms with Gasteiger partial charge in [-0.15, -0.1) is 0 Å². The van der Waals surface area contributed by atoms with E-state index in [-0.39, 0.29) is 10.8 Å². The van der Waals surface area contributed by atoms with Gasteiger partial charge in [-0.1, -0.05) is 46.3 Å². The van der Waals surface area contributed by atoms with E-state index in [1.54, 1.807) is 13.0 Å². The van der Waals surface area contributed by atoms with Crippen molar-refractivity contribution in [2.24, 2.45) is 5.16 Å². The van der Waals surface area contributed by atoms with E-state index in [2.05, 4.69) is 15.3 Å². The Hall–Kier alpha value is -1.35. The van der Waals surface area contributed by atoms with Crippen LogP contribution in [0.4, 0.5) is 5.69 Å². The molecular weight excluding hydrogens is 433 g/mol. The molecule has 0 saturated heterocycles. The Morgan fingerprint density at radius 2 is 2.17 bits per heavy atom. The van der Waals surface area contributed by atoms with Crippen molar-refractivity contribution in [1.82, 2.24) is 5.32 Å². The summed E-state index contributed by atoms with van der Waals surface area (Å²) >= 11 is 8.05. The second kappa shape index (κ2) is 8.49. The molecule has 23 heavy (non-hydrogen) atoms. The number of hydrogen-bond acceptors (Lipinski definition) is 5. The van der Waals surface area contributed by atoms with Crippen LogP contribution in [-0.4, -0.2) is 35.0 Å². The summed E-state index contributed by atoms with van der Waals surface area (Å²) < 4.78 is 0.316. The fraction of sp³-hybridized carbons (Fsp3) is 0.400. The number of anilines is 1. The third kappa shape index (κ3) is 4.81. The number of Topliss-reactive ketones (excluding diaryl/α,β-unsaturated/α-hetero) is 1. The molecule has 0 aromatic heterocycles. The number of halogens is 2. The van der Waals surface area contributed by atoms with E-state index in [0.717, 1.165) is 0 Å². The van der Waals surface area contributed by atoms with Gasteiger partial charge in [0.15, 0.2) is 5.78 Å². The number of nitrogens with one attached hydrogen (secondary N) is 1. The zero-order valence-corrected chi connectivity index (χ0v) is 16.1. The number of nitrogens with zero attached hydrogens (tertiary/aromatic N) is 1. The number of benzene rings is 1. The standard InChI is InChI=1S/C15H19ClIN3O3/c1-4-15(2,12(21)7-17)20-14(22)9-5-10(8-19-23-3)13(18)11(16)6-9/h5-6,8H,4,7,18H2,1-3H3,(H,20,22). The zero-order chi connectivity index (χ0) is 17.6. The van der Waals surface area contributed by atoms with Gasteiger partial charge >= 0.3 is 0 Å². The lowest BCUT2D eigenvalue weighted by atomic mass is 9.93. The highest BCUT2D eigenvalue weighted by molar-refractivity contribution is 14.1. The fourth-order valence-electron chi connectivity index (χ4n) is 1.81. The number of oxime groups is 1. The molecule has 1 atom stereocenters. The van der Waals surface area contributed by atoms with Crippen LogP contribution in [0, 0.1) is 0 Å². The number of carbonyl (C=O) groups is 2. The van der Waals surface area contributed by atoms with E-state index in [0.29, 0.717) is 27.7 Å². The van der Waals surface area contributed by atoms with E-state index < -0.39 is 11.4 Å². The summed E-state index contributed by atoms with van der Waals surface area (Å²) in [7, 11) is 1.40. The number of amides is 1. The molecule has 3 N–H and O–H groups in total. The van der Waals surface area contributed by atoms with Crippen molar-refractivity contribution in [2.45, 2.75) is 25.8 Å². The molecule has 0 fully saturated rings. The molecule has 0 heterocycles. The molecule has 1 amide bonds. The van der Waals surface area contributed by atoms with Crippen LogP contribution in [-0.2, 0) is 9.63 Å². The fourth-order valence-corrected chi connectivity index (χ4v) is 2.88. The number of carbonyl (C=O) groups excluding carboxylic acids is 2. The van der Waals surface area contributed by atoms with Crippen molar-refractivity contribution in [3.63, 3.8) is 0 Å². The molecule has 0 spiro atoms. The maximum Gasteiger partial charge on any atom is 0.252 e. The molecule has 1 unspecified atom stereocenters. The van der Waals surface area contributed by atoms with Crippen molar-refractivity contribution in [3.05, 3.63) is 28.3 Å². The van der Waals surface area contributed by atoms with Gasteiger partial charge in [-0.2, -0.15) is 0 Å². The summed E-state index contributed by atoms with van der Waals surface area (Å²) in [6.07, 6.45) is 1.86. The Balaban J connectivity index is 3.15. The summed E-state index contributed by atoms with van der Waals surface area (Å²) in [6, 6.07) is 3.00. The first-order valence-corrected chi connectivity index (χ1v) is 8.76. The van der Waals surface area contributed by atoms with E-state index in [4.69, 9.17) is 17.3 Å². The normalized spacial score (nSPS) is 13.6. The van der Waals surface area contributed by atoms with Crippen LogP contribution in [0.3, 0.4) is 0 Å². The predicted octanol–water partition coefficient (Wildman–Crippen LogP) is 2.81. The number of nitrogen functional groups attached to an aromatic ring is 1. The lowest BCUT2D eigenvalue weighted by Crippen LogP contribution is -2.52. The van der Waals surface area contributed by atoms with Gasteiger partial charge in [0.05, 0.1) is 26.9 Å². The highest BCUT2D eigenvalue weighted by atomic mass is 127. The van der Waals surface area contributed by atoms with Crippen LogP contribution < -0.4 is 11.1 Å². The van der Waals surface area contributed by atoms with Crippen LogP contribution in [0.1, 0.15) is 36.2 Å². The molecule has 1 aromatic rings. The summed E-state index contributed by atoms with van der Waals surface area (Å²) in [4.78, 5) is 29.2. The molecule has 6 nitrogen and oxygen atoms in total. The zero-order valence-electron chi connectivity index (χ0n) is 13.2. The number of rotatable bonds is 7. The Bertz CT molecular complexity index is 637. The average Bonchev–Trinajstić information content (AvgIpc) is 2.54. The van der Waals surface area contributed by atoms with Gasteiger partial charge in [-0.25, -0.2) is 0 Å². The van der Waals surface area contributed by atoms with Gasteiger partial charge in [0.1, 0.15) is 7.11 Å². The number of nitrogens with two attached hydrogens (primary N) is 1. The lowest BCUT2D eigenvalue weighted by Gasteiger charge is -2.27. The smallest absolute Gasteiger partial charge is 0.252 e. The average molecular weight is 452 g/mol. The molecule has 0 radical (unpaired) electrons. The van der Waals surface area contributed by atoms with Gasteiger partial charge in [-0.3, -0.25) is 9.59 Å². The van der Waals surface area contributed by atoms with Crippen LogP contribution in [0.5, 0.6) is 0 Å². The number of alkyl halides is 1. The van der Waals surface area contributed by atoms with Gasteiger partial charge in [0, 0.05) is 11.1 Å². The first kappa shape index (κ1) is 19.7. The van der Waals surface area contributed by atoms with Crippen molar-refractivity contribution in [1.29, 1.82) is 0 Å². The first-order valence-electron chi connectivity index (χ1n) is 6.86. The van der Waals surface area contributed by atoms with E-state index in [9.17, 15) is 9.59 Å². The Morgan fingerprint density at radius 3 is 2.70 bits per heavy atom. The lowest BCUT2D eigenvalue weighted by molar-refractivity contribution is -0.121. The summed E-state index contributed by atoms with van der Waals surface area (Å²) in [5, 5.41) is 6.63. The molecule has 0 aliphatic heterocycles. The Labute approximate surface area is 153 Å². The molecule has 126 valence electrons. The van der Waals surface area contributed by atoms with Crippen molar-refractivity contribution in [2.75, 3.05) is 17.3 Å². The second-order valence-electron chi connectivity index (χ2n) is 5.07. The Kier molecular flexibility index (Phi) is 7.27. The van der Waals surface area contributed by atoms with Gasteiger partial charge in [0.25, 0.3) is 5.91 Å². The topological polar surface area (TPSA) is 93.8 Å². The maximum atomic E-state index is 12.5. The summed E-state index contributed by atoms with van der Waals surface area (Å²) in [5.74, 6) is -0.446. The third-order valence-electron chi connectivity index (χ3n) is 3.55. The highest BCUT2D eigenvalue weighted by Crippen LogP contribution is 2.25. The highest BCUT2D eigenvalue weighted by Gasteiger charge is 2.32. The third-order valence-corrected chi connectivity index (χ3v) is 4.56.